The molecule has 0 saturated heterocycles. The molecule has 0 radical (unpaired) electrons. The molecule has 5 heteroatoms. The third-order valence-electron chi connectivity index (χ3n) is 3.18. The van der Waals surface area contributed by atoms with Gasteiger partial charge in [0.2, 0.25) is 0 Å². The molecule has 1 saturated carbocycles. The molecule has 0 aromatic heterocycles. The van der Waals surface area contributed by atoms with E-state index in [1.165, 1.54) is 7.11 Å². The predicted octanol–water partition coefficient (Wildman–Crippen LogP) is 3.86. The van der Waals surface area contributed by atoms with E-state index in [9.17, 15) is 4.79 Å². The zero-order valence-electron chi connectivity index (χ0n) is 10.0. The molecule has 18 heavy (non-hydrogen) atoms. The van der Waals surface area contributed by atoms with Crippen LogP contribution in [0.2, 0.25) is 10.0 Å². The second kappa shape index (κ2) is 5.37. The van der Waals surface area contributed by atoms with Crippen molar-refractivity contribution in [2.75, 3.05) is 7.11 Å². The highest BCUT2D eigenvalue weighted by atomic mass is 35.5. The summed E-state index contributed by atoms with van der Waals surface area (Å²) in [4.78, 5) is 11.4. The van der Waals surface area contributed by atoms with Crippen molar-refractivity contribution < 1.29 is 14.3 Å². The minimum absolute atomic E-state index is 0.252. The summed E-state index contributed by atoms with van der Waals surface area (Å²) in [5, 5.41) is 1.02. The van der Waals surface area contributed by atoms with Crippen molar-refractivity contribution in [3.05, 3.63) is 28.2 Å². The molecule has 2 rings (SSSR count). The summed E-state index contributed by atoms with van der Waals surface area (Å²) in [5.74, 6) is 0.296. The normalized spacial score (nSPS) is 16.8. The van der Waals surface area contributed by atoms with Crippen LogP contribution in [0.15, 0.2) is 18.2 Å². The van der Waals surface area contributed by atoms with E-state index < -0.39 is 5.60 Å². The molecule has 1 aromatic carbocycles. The first-order chi connectivity index (χ1) is 8.54. The van der Waals surface area contributed by atoms with Crippen LogP contribution in [-0.2, 0) is 9.53 Å². The highest BCUT2D eigenvalue weighted by Gasteiger charge is 2.42. The summed E-state index contributed by atoms with van der Waals surface area (Å²) < 4.78 is 10.6. The van der Waals surface area contributed by atoms with Gasteiger partial charge in [-0.1, -0.05) is 23.2 Å². The largest absolute Gasteiger partial charge is 0.485 e. The Balaban J connectivity index is 2.12. The molecular weight excluding hydrogens is 275 g/mol. The minimum atomic E-state index is -0.468. The average molecular weight is 289 g/mol. The molecule has 1 fully saturated rings. The van der Waals surface area contributed by atoms with E-state index in [1.54, 1.807) is 18.2 Å². The van der Waals surface area contributed by atoms with Gasteiger partial charge in [0.15, 0.2) is 0 Å². The van der Waals surface area contributed by atoms with Gasteiger partial charge in [-0.15, -0.1) is 0 Å². The number of ether oxygens (including phenoxy) is 2. The fourth-order valence-corrected chi connectivity index (χ4v) is 2.46. The fraction of sp³-hybridized carbons (Fsp3) is 0.462. The Bertz CT molecular complexity index is 456. The molecular formula is C13H14Cl2O3. The molecule has 0 spiro atoms. The number of halogens is 2. The smallest absolute Gasteiger partial charge is 0.309 e. The first kappa shape index (κ1) is 13.5. The number of carbonyl (C=O) groups excluding carboxylic acids is 1. The van der Waals surface area contributed by atoms with Gasteiger partial charge in [0, 0.05) is 5.02 Å². The SMILES string of the molecule is COC(=O)CC1(Oc2ccc(Cl)cc2Cl)CCC1. The quantitative estimate of drug-likeness (QED) is 0.790. The van der Waals surface area contributed by atoms with Crippen LogP contribution in [0.3, 0.4) is 0 Å². The van der Waals surface area contributed by atoms with Gasteiger partial charge in [0.1, 0.15) is 11.4 Å². The number of hydrogen-bond acceptors (Lipinski definition) is 3. The van der Waals surface area contributed by atoms with Crippen molar-refractivity contribution in [2.24, 2.45) is 0 Å². The van der Waals surface area contributed by atoms with Gasteiger partial charge in [0.05, 0.1) is 18.6 Å². The standard InChI is InChI=1S/C13H14Cl2O3/c1-17-12(16)8-13(5-2-6-13)18-11-4-3-9(14)7-10(11)15/h3-4,7H,2,5-6,8H2,1H3. The van der Waals surface area contributed by atoms with Crippen molar-refractivity contribution in [1.82, 2.24) is 0 Å². The second-order valence-electron chi connectivity index (χ2n) is 4.47. The van der Waals surface area contributed by atoms with Crippen molar-refractivity contribution >= 4 is 29.2 Å². The number of rotatable bonds is 4. The lowest BCUT2D eigenvalue weighted by Gasteiger charge is -2.41. The molecule has 3 nitrogen and oxygen atoms in total. The summed E-state index contributed by atoms with van der Waals surface area (Å²) in [6, 6.07) is 5.07. The molecule has 0 N–H and O–H groups in total. The first-order valence-corrected chi connectivity index (χ1v) is 6.51. The number of esters is 1. The predicted molar refractivity (Wildman–Crippen MR) is 70.3 cm³/mol. The van der Waals surface area contributed by atoms with Crippen LogP contribution in [0.4, 0.5) is 0 Å². The number of carbonyl (C=O) groups is 1. The molecule has 1 aromatic rings. The van der Waals surface area contributed by atoms with Crippen LogP contribution in [0, 0.1) is 0 Å². The van der Waals surface area contributed by atoms with Crippen LogP contribution in [0.25, 0.3) is 0 Å². The Kier molecular flexibility index (Phi) is 4.03. The molecule has 0 bridgehead atoms. The Labute approximate surface area is 116 Å². The summed E-state index contributed by atoms with van der Waals surface area (Å²) in [5.41, 5.74) is -0.468. The van der Waals surface area contributed by atoms with E-state index >= 15 is 0 Å². The van der Waals surface area contributed by atoms with Crippen molar-refractivity contribution in [3.8, 4) is 5.75 Å². The summed E-state index contributed by atoms with van der Waals surface area (Å²) in [6.07, 6.45) is 2.97. The summed E-state index contributed by atoms with van der Waals surface area (Å²) in [6.45, 7) is 0. The van der Waals surface area contributed by atoms with Gasteiger partial charge in [-0.05, 0) is 37.5 Å². The zero-order chi connectivity index (χ0) is 13.2. The third kappa shape index (κ3) is 2.90. The van der Waals surface area contributed by atoms with Crippen LogP contribution in [-0.4, -0.2) is 18.7 Å². The fourth-order valence-electron chi connectivity index (χ4n) is 2.01. The Morgan fingerprint density at radius 1 is 1.39 bits per heavy atom. The minimum Gasteiger partial charge on any atom is -0.485 e. The van der Waals surface area contributed by atoms with Gasteiger partial charge < -0.3 is 9.47 Å². The van der Waals surface area contributed by atoms with Gasteiger partial charge in [-0.2, -0.15) is 0 Å². The summed E-state index contributed by atoms with van der Waals surface area (Å²) >= 11 is 11.9. The second-order valence-corrected chi connectivity index (χ2v) is 5.31. The van der Waals surface area contributed by atoms with E-state index in [4.69, 9.17) is 32.7 Å². The number of hydrogen-bond donors (Lipinski definition) is 0. The lowest BCUT2D eigenvalue weighted by Crippen LogP contribution is -2.45. The molecule has 0 unspecified atom stereocenters. The maximum absolute atomic E-state index is 11.4. The van der Waals surface area contributed by atoms with Gasteiger partial charge in [-0.3, -0.25) is 4.79 Å². The van der Waals surface area contributed by atoms with Crippen LogP contribution < -0.4 is 4.74 Å². The monoisotopic (exact) mass is 288 g/mol. The van der Waals surface area contributed by atoms with E-state index in [2.05, 4.69) is 0 Å². The van der Waals surface area contributed by atoms with E-state index in [-0.39, 0.29) is 12.4 Å². The molecule has 98 valence electrons. The van der Waals surface area contributed by atoms with Crippen molar-refractivity contribution in [2.45, 2.75) is 31.3 Å². The highest BCUT2D eigenvalue weighted by Crippen LogP contribution is 2.41. The number of methoxy groups -OCH3 is 1. The van der Waals surface area contributed by atoms with Crippen LogP contribution >= 0.6 is 23.2 Å². The molecule has 0 atom stereocenters. The Hall–Kier alpha value is -0.930. The Morgan fingerprint density at radius 3 is 2.61 bits per heavy atom. The topological polar surface area (TPSA) is 35.5 Å². The van der Waals surface area contributed by atoms with Crippen LogP contribution in [0.1, 0.15) is 25.7 Å². The molecule has 1 aliphatic rings. The maximum Gasteiger partial charge on any atom is 0.309 e. The van der Waals surface area contributed by atoms with Gasteiger partial charge in [-0.25, -0.2) is 0 Å². The molecule has 0 heterocycles. The van der Waals surface area contributed by atoms with Gasteiger partial charge >= 0.3 is 5.97 Å². The molecule has 1 aliphatic carbocycles. The third-order valence-corrected chi connectivity index (χ3v) is 3.71. The molecule has 0 aliphatic heterocycles. The summed E-state index contributed by atoms with van der Waals surface area (Å²) in [7, 11) is 1.38. The lowest BCUT2D eigenvalue weighted by atomic mass is 9.77. The highest BCUT2D eigenvalue weighted by molar-refractivity contribution is 6.35. The van der Waals surface area contributed by atoms with E-state index in [0.29, 0.717) is 15.8 Å². The maximum atomic E-state index is 11.4. The van der Waals surface area contributed by atoms with Crippen molar-refractivity contribution in [1.29, 1.82) is 0 Å². The lowest BCUT2D eigenvalue weighted by molar-refractivity contribution is -0.148. The average Bonchev–Trinajstić information content (AvgIpc) is 2.29. The Morgan fingerprint density at radius 2 is 2.11 bits per heavy atom. The van der Waals surface area contributed by atoms with E-state index in [0.717, 1.165) is 19.3 Å². The zero-order valence-corrected chi connectivity index (χ0v) is 11.6. The van der Waals surface area contributed by atoms with Crippen LogP contribution in [0.5, 0.6) is 5.75 Å². The van der Waals surface area contributed by atoms with Gasteiger partial charge in [0.25, 0.3) is 0 Å². The first-order valence-electron chi connectivity index (χ1n) is 5.75. The molecule has 0 amide bonds. The van der Waals surface area contributed by atoms with E-state index in [1.807, 2.05) is 0 Å². The number of benzene rings is 1. The van der Waals surface area contributed by atoms with Crippen molar-refractivity contribution in [3.63, 3.8) is 0 Å².